The third-order valence-electron chi connectivity index (χ3n) is 2.42. The molecule has 2 aromatic rings. The van der Waals surface area contributed by atoms with Gasteiger partial charge in [-0.05, 0) is 29.8 Å². The predicted octanol–water partition coefficient (Wildman–Crippen LogP) is 2.92. The van der Waals surface area contributed by atoms with Crippen LogP contribution in [0.4, 0.5) is 0 Å². The average Bonchev–Trinajstić information content (AvgIpc) is 2.85. The molecule has 1 fully saturated rings. The molecule has 0 bridgehead atoms. The van der Waals surface area contributed by atoms with Gasteiger partial charge in [-0.1, -0.05) is 30.0 Å². The molecule has 1 aliphatic rings. The third kappa shape index (κ3) is 1.99. The molecule has 0 unspecified atom stereocenters. The van der Waals surface area contributed by atoms with Crippen molar-refractivity contribution in [1.29, 1.82) is 0 Å². The summed E-state index contributed by atoms with van der Waals surface area (Å²) in [7, 11) is 0. The lowest BCUT2D eigenvalue weighted by Gasteiger charge is -1.95. The molecule has 1 aliphatic heterocycles. The molecule has 1 aromatic heterocycles. The Kier molecular flexibility index (Phi) is 2.49. The normalized spacial score (nSPS) is 18.0. The third-order valence-corrected chi connectivity index (χ3v) is 3.58. The first kappa shape index (κ1) is 10.6. The van der Waals surface area contributed by atoms with Crippen LogP contribution in [0.2, 0.25) is 0 Å². The van der Waals surface area contributed by atoms with Gasteiger partial charge in [-0.2, -0.15) is 0 Å². The topological polar surface area (TPSA) is 42.2 Å². The zero-order valence-corrected chi connectivity index (χ0v) is 10.2. The van der Waals surface area contributed by atoms with Gasteiger partial charge in [0.2, 0.25) is 0 Å². The molecule has 17 heavy (non-hydrogen) atoms. The highest BCUT2D eigenvalue weighted by Gasteiger charge is 2.21. The van der Waals surface area contributed by atoms with Crippen molar-refractivity contribution < 1.29 is 9.21 Å². The Morgan fingerprint density at radius 3 is 3.00 bits per heavy atom. The Bertz CT molecular complexity index is 657. The maximum absolute atomic E-state index is 11.5. The van der Waals surface area contributed by atoms with Crippen molar-refractivity contribution in [1.82, 2.24) is 5.32 Å². The summed E-state index contributed by atoms with van der Waals surface area (Å²) in [6.45, 7) is 0. The highest BCUT2D eigenvalue weighted by molar-refractivity contribution is 8.26. The zero-order valence-electron chi connectivity index (χ0n) is 8.60. The van der Waals surface area contributed by atoms with E-state index in [0.717, 1.165) is 16.5 Å². The maximum Gasteiger partial charge on any atom is 0.263 e. The number of nitrogens with one attached hydrogen (secondary N) is 1. The molecule has 0 saturated carbocycles. The average molecular weight is 261 g/mol. The van der Waals surface area contributed by atoms with Gasteiger partial charge in [-0.25, -0.2) is 0 Å². The summed E-state index contributed by atoms with van der Waals surface area (Å²) >= 11 is 6.21. The number of carbonyl (C=O) groups excluding carboxylic acids is 1. The summed E-state index contributed by atoms with van der Waals surface area (Å²) in [5, 5.41) is 3.61. The molecule has 0 atom stereocenters. The van der Waals surface area contributed by atoms with Crippen molar-refractivity contribution >= 4 is 51.3 Å². The van der Waals surface area contributed by atoms with Crippen molar-refractivity contribution in [2.45, 2.75) is 0 Å². The second-order valence-corrected chi connectivity index (χ2v) is 5.29. The van der Waals surface area contributed by atoms with E-state index in [1.54, 1.807) is 6.26 Å². The van der Waals surface area contributed by atoms with Gasteiger partial charge in [0.25, 0.3) is 5.91 Å². The second kappa shape index (κ2) is 4.01. The second-order valence-electron chi connectivity index (χ2n) is 3.57. The van der Waals surface area contributed by atoms with E-state index in [1.807, 2.05) is 30.3 Å². The summed E-state index contributed by atoms with van der Waals surface area (Å²) in [6, 6.07) is 7.66. The first-order chi connectivity index (χ1) is 8.22. The van der Waals surface area contributed by atoms with E-state index in [2.05, 4.69) is 5.32 Å². The van der Waals surface area contributed by atoms with E-state index >= 15 is 0 Å². The Hall–Kier alpha value is -1.59. The van der Waals surface area contributed by atoms with Crippen LogP contribution in [0.5, 0.6) is 0 Å². The maximum atomic E-state index is 11.5. The lowest BCUT2D eigenvalue weighted by atomic mass is 10.1. The lowest BCUT2D eigenvalue weighted by Crippen LogP contribution is -2.17. The van der Waals surface area contributed by atoms with Crippen LogP contribution < -0.4 is 5.32 Å². The summed E-state index contributed by atoms with van der Waals surface area (Å²) < 4.78 is 5.76. The fourth-order valence-corrected chi connectivity index (χ4v) is 2.69. The van der Waals surface area contributed by atoms with Gasteiger partial charge in [0.1, 0.15) is 9.90 Å². The molecule has 84 valence electrons. The molecule has 3 rings (SSSR count). The van der Waals surface area contributed by atoms with Crippen molar-refractivity contribution in [2.75, 3.05) is 0 Å². The van der Waals surface area contributed by atoms with Crippen LogP contribution in [-0.2, 0) is 4.79 Å². The number of thioether (sulfide) groups is 1. The first-order valence-electron chi connectivity index (χ1n) is 4.94. The molecule has 1 saturated heterocycles. The molecule has 1 aromatic carbocycles. The van der Waals surface area contributed by atoms with E-state index in [4.69, 9.17) is 16.6 Å². The van der Waals surface area contributed by atoms with Crippen molar-refractivity contribution in [3.63, 3.8) is 0 Å². The molecule has 1 amide bonds. The minimum Gasteiger partial charge on any atom is -0.464 e. The van der Waals surface area contributed by atoms with Crippen LogP contribution in [0.15, 0.2) is 39.9 Å². The number of hydrogen-bond acceptors (Lipinski definition) is 4. The highest BCUT2D eigenvalue weighted by Crippen LogP contribution is 2.27. The standard InChI is InChI=1S/C12H7NO2S2/c14-11-10(17-12(16)13-11)6-7-1-2-9-8(5-7)3-4-15-9/h1-6H,(H,13,14,16)/b10-6-. The van der Waals surface area contributed by atoms with Crippen LogP contribution in [0.3, 0.4) is 0 Å². The van der Waals surface area contributed by atoms with E-state index in [1.165, 1.54) is 11.8 Å². The molecular formula is C12H7NO2S2. The van der Waals surface area contributed by atoms with Gasteiger partial charge in [0, 0.05) is 5.39 Å². The molecular weight excluding hydrogens is 254 g/mol. The van der Waals surface area contributed by atoms with Crippen LogP contribution >= 0.6 is 24.0 Å². The molecule has 0 spiro atoms. The fourth-order valence-electron chi connectivity index (χ4n) is 1.65. The number of benzene rings is 1. The highest BCUT2D eigenvalue weighted by atomic mass is 32.2. The van der Waals surface area contributed by atoms with Crippen molar-refractivity contribution in [3.8, 4) is 0 Å². The number of thiocarbonyl (C=S) groups is 1. The fraction of sp³-hybridized carbons (Fsp3) is 0. The van der Waals surface area contributed by atoms with Gasteiger partial charge < -0.3 is 9.73 Å². The van der Waals surface area contributed by atoms with E-state index in [9.17, 15) is 4.79 Å². The first-order valence-corrected chi connectivity index (χ1v) is 6.17. The summed E-state index contributed by atoms with van der Waals surface area (Å²) in [5.41, 5.74) is 1.80. The number of carbonyl (C=O) groups is 1. The Labute approximate surface area is 107 Å². The number of fused-ring (bicyclic) bond motifs is 1. The monoisotopic (exact) mass is 261 g/mol. The minimum atomic E-state index is -0.132. The quantitative estimate of drug-likeness (QED) is 0.633. The molecule has 0 aliphatic carbocycles. The van der Waals surface area contributed by atoms with Gasteiger partial charge in [-0.15, -0.1) is 0 Å². The summed E-state index contributed by atoms with van der Waals surface area (Å²) in [6.07, 6.45) is 3.47. The largest absolute Gasteiger partial charge is 0.464 e. The number of furan rings is 1. The predicted molar refractivity (Wildman–Crippen MR) is 72.5 cm³/mol. The lowest BCUT2D eigenvalue weighted by molar-refractivity contribution is -0.115. The molecule has 3 nitrogen and oxygen atoms in total. The smallest absolute Gasteiger partial charge is 0.263 e. The molecule has 2 heterocycles. The van der Waals surface area contributed by atoms with E-state index in [0.29, 0.717) is 9.23 Å². The van der Waals surface area contributed by atoms with Gasteiger partial charge in [-0.3, -0.25) is 4.79 Å². The van der Waals surface area contributed by atoms with Crippen LogP contribution in [0, 0.1) is 0 Å². The van der Waals surface area contributed by atoms with Crippen LogP contribution in [-0.4, -0.2) is 10.2 Å². The Balaban J connectivity index is 2.01. The van der Waals surface area contributed by atoms with Gasteiger partial charge in [0.05, 0.1) is 11.2 Å². The number of rotatable bonds is 1. The molecule has 5 heteroatoms. The minimum absolute atomic E-state index is 0.132. The van der Waals surface area contributed by atoms with E-state index < -0.39 is 0 Å². The van der Waals surface area contributed by atoms with Gasteiger partial charge >= 0.3 is 0 Å². The van der Waals surface area contributed by atoms with E-state index in [-0.39, 0.29) is 5.91 Å². The number of hydrogen-bond donors (Lipinski definition) is 1. The molecule has 1 N–H and O–H groups in total. The summed E-state index contributed by atoms with van der Waals surface area (Å²) in [5.74, 6) is -0.132. The number of amides is 1. The van der Waals surface area contributed by atoms with Crippen molar-refractivity contribution in [3.05, 3.63) is 41.0 Å². The Morgan fingerprint density at radius 1 is 1.35 bits per heavy atom. The Morgan fingerprint density at radius 2 is 2.24 bits per heavy atom. The SMILES string of the molecule is O=C1NC(=S)S/C1=C\c1ccc2occc2c1. The zero-order chi connectivity index (χ0) is 11.8. The van der Waals surface area contributed by atoms with Gasteiger partial charge in [0.15, 0.2) is 0 Å². The van der Waals surface area contributed by atoms with Crippen LogP contribution in [0.1, 0.15) is 5.56 Å². The summed E-state index contributed by atoms with van der Waals surface area (Å²) in [4.78, 5) is 12.1. The van der Waals surface area contributed by atoms with Crippen molar-refractivity contribution in [2.24, 2.45) is 0 Å². The molecule has 0 radical (unpaired) electrons. The van der Waals surface area contributed by atoms with Crippen LogP contribution in [0.25, 0.3) is 17.0 Å².